The van der Waals surface area contributed by atoms with Gasteiger partial charge in [-0.3, -0.25) is 14.4 Å². The first kappa shape index (κ1) is 21.4. The van der Waals surface area contributed by atoms with Crippen LogP contribution in [0.3, 0.4) is 0 Å². The third-order valence-corrected chi connectivity index (χ3v) is 6.48. The smallest absolute Gasteiger partial charge is 0.254 e. The van der Waals surface area contributed by atoms with E-state index in [-0.39, 0.29) is 30.1 Å². The van der Waals surface area contributed by atoms with Crippen LogP contribution in [0.5, 0.6) is 5.75 Å². The van der Waals surface area contributed by atoms with Gasteiger partial charge >= 0.3 is 0 Å². The standard InChI is InChI=1S/C23H24BrN3O4/c1-31-18-6-4-5-16(13-18)22(29)25-9-11-26(12-10-25)23(30)17-14-21(28)27(15-17)20-8-3-2-7-19(20)24/h2-8,13,17H,9-12,14-15H2,1H3. The lowest BCUT2D eigenvalue weighted by molar-refractivity contribution is -0.137. The zero-order valence-electron chi connectivity index (χ0n) is 17.3. The van der Waals surface area contributed by atoms with Crippen LogP contribution in [-0.4, -0.2) is 67.4 Å². The molecule has 2 aliphatic heterocycles. The topological polar surface area (TPSA) is 70.2 Å². The van der Waals surface area contributed by atoms with Gasteiger partial charge in [-0.25, -0.2) is 0 Å². The van der Waals surface area contributed by atoms with Crippen LogP contribution in [0.1, 0.15) is 16.8 Å². The van der Waals surface area contributed by atoms with Crippen LogP contribution in [0.25, 0.3) is 0 Å². The van der Waals surface area contributed by atoms with Gasteiger partial charge in [-0.2, -0.15) is 0 Å². The van der Waals surface area contributed by atoms with Gasteiger partial charge in [0.15, 0.2) is 0 Å². The molecule has 2 aromatic carbocycles. The van der Waals surface area contributed by atoms with Crippen LogP contribution in [0, 0.1) is 5.92 Å². The number of ether oxygens (including phenoxy) is 1. The molecule has 2 heterocycles. The lowest BCUT2D eigenvalue weighted by atomic mass is 10.1. The van der Waals surface area contributed by atoms with Gasteiger partial charge in [0, 0.05) is 49.2 Å². The summed E-state index contributed by atoms with van der Waals surface area (Å²) in [4.78, 5) is 43.6. The van der Waals surface area contributed by atoms with Crippen LogP contribution >= 0.6 is 15.9 Å². The number of benzene rings is 2. The maximum Gasteiger partial charge on any atom is 0.254 e. The molecule has 2 fully saturated rings. The van der Waals surface area contributed by atoms with Gasteiger partial charge in [-0.05, 0) is 46.3 Å². The fraction of sp³-hybridized carbons (Fsp3) is 0.348. The molecule has 2 aromatic rings. The zero-order chi connectivity index (χ0) is 22.0. The third-order valence-electron chi connectivity index (χ3n) is 5.81. The first-order valence-electron chi connectivity index (χ1n) is 10.2. The van der Waals surface area contributed by atoms with Crippen molar-refractivity contribution in [1.82, 2.24) is 9.80 Å². The Labute approximate surface area is 189 Å². The van der Waals surface area contributed by atoms with Crippen molar-refractivity contribution in [3.63, 3.8) is 0 Å². The Kier molecular flexibility index (Phi) is 6.27. The van der Waals surface area contributed by atoms with Crippen molar-refractivity contribution in [2.75, 3.05) is 44.7 Å². The van der Waals surface area contributed by atoms with Crippen molar-refractivity contribution in [1.29, 1.82) is 0 Å². The highest BCUT2D eigenvalue weighted by Crippen LogP contribution is 2.32. The first-order chi connectivity index (χ1) is 15.0. The van der Waals surface area contributed by atoms with Gasteiger partial charge < -0.3 is 19.4 Å². The Morgan fingerprint density at radius 2 is 1.71 bits per heavy atom. The van der Waals surface area contributed by atoms with Gasteiger partial charge in [-0.1, -0.05) is 18.2 Å². The second kappa shape index (κ2) is 9.09. The molecule has 0 N–H and O–H groups in total. The van der Waals surface area contributed by atoms with E-state index in [1.54, 1.807) is 46.1 Å². The Morgan fingerprint density at radius 1 is 1.00 bits per heavy atom. The highest BCUT2D eigenvalue weighted by atomic mass is 79.9. The Morgan fingerprint density at radius 3 is 2.42 bits per heavy atom. The number of nitrogens with zero attached hydrogens (tertiary/aromatic N) is 3. The molecule has 8 heteroatoms. The molecule has 0 spiro atoms. The average Bonchev–Trinajstić information content (AvgIpc) is 3.20. The van der Waals surface area contributed by atoms with Crippen molar-refractivity contribution in [2.24, 2.45) is 5.92 Å². The summed E-state index contributed by atoms with van der Waals surface area (Å²) in [5, 5.41) is 0. The molecule has 0 saturated carbocycles. The molecule has 0 aromatic heterocycles. The molecule has 0 aliphatic carbocycles. The minimum absolute atomic E-state index is 0.0172. The highest BCUT2D eigenvalue weighted by molar-refractivity contribution is 9.10. The molecule has 0 bridgehead atoms. The minimum Gasteiger partial charge on any atom is -0.497 e. The number of rotatable bonds is 4. The second-order valence-electron chi connectivity index (χ2n) is 7.71. The predicted molar refractivity (Wildman–Crippen MR) is 120 cm³/mol. The van der Waals surface area contributed by atoms with E-state index in [1.165, 1.54) is 0 Å². The minimum atomic E-state index is -0.361. The maximum atomic E-state index is 13.1. The van der Waals surface area contributed by atoms with Gasteiger partial charge in [0.1, 0.15) is 5.75 Å². The van der Waals surface area contributed by atoms with Crippen molar-refractivity contribution in [2.45, 2.75) is 6.42 Å². The number of anilines is 1. The van der Waals surface area contributed by atoms with Crippen LogP contribution in [0.4, 0.5) is 5.69 Å². The van der Waals surface area contributed by atoms with Gasteiger partial charge in [0.25, 0.3) is 5.91 Å². The Hall–Kier alpha value is -2.87. The summed E-state index contributed by atoms with van der Waals surface area (Å²) in [6.07, 6.45) is 0.211. The van der Waals surface area contributed by atoms with E-state index in [0.29, 0.717) is 44.0 Å². The third kappa shape index (κ3) is 4.44. The first-order valence-corrected chi connectivity index (χ1v) is 11.0. The van der Waals surface area contributed by atoms with E-state index in [9.17, 15) is 14.4 Å². The maximum absolute atomic E-state index is 13.1. The normalized spacial score (nSPS) is 19.0. The summed E-state index contributed by atoms with van der Waals surface area (Å²) in [6.45, 7) is 2.25. The molecule has 162 valence electrons. The quantitative estimate of drug-likeness (QED) is 0.667. The average molecular weight is 486 g/mol. The fourth-order valence-electron chi connectivity index (χ4n) is 4.10. The number of hydrogen-bond acceptors (Lipinski definition) is 4. The number of methoxy groups -OCH3 is 1. The Bertz CT molecular complexity index is 1000. The Balaban J connectivity index is 1.36. The van der Waals surface area contributed by atoms with E-state index in [2.05, 4.69) is 15.9 Å². The monoisotopic (exact) mass is 485 g/mol. The predicted octanol–water partition coefficient (Wildman–Crippen LogP) is 2.80. The summed E-state index contributed by atoms with van der Waals surface area (Å²) in [5.74, 6) is 0.149. The lowest BCUT2D eigenvalue weighted by Crippen LogP contribution is -2.52. The number of piperazine rings is 1. The van der Waals surface area contributed by atoms with E-state index >= 15 is 0 Å². The molecule has 7 nitrogen and oxygen atoms in total. The second-order valence-corrected chi connectivity index (χ2v) is 8.56. The van der Waals surface area contributed by atoms with Crippen LogP contribution in [-0.2, 0) is 9.59 Å². The molecular formula is C23H24BrN3O4. The molecule has 4 rings (SSSR count). The number of amides is 3. The summed E-state index contributed by atoms with van der Waals surface area (Å²) in [5.41, 5.74) is 1.36. The molecule has 31 heavy (non-hydrogen) atoms. The number of carbonyl (C=O) groups is 3. The van der Waals surface area contributed by atoms with E-state index in [4.69, 9.17) is 4.74 Å². The number of halogens is 1. The fourth-order valence-corrected chi connectivity index (χ4v) is 4.60. The number of hydrogen-bond donors (Lipinski definition) is 0. The largest absolute Gasteiger partial charge is 0.497 e. The molecule has 2 saturated heterocycles. The highest BCUT2D eigenvalue weighted by Gasteiger charge is 2.38. The molecular weight excluding hydrogens is 462 g/mol. The molecule has 3 amide bonds. The summed E-state index contributed by atoms with van der Waals surface area (Å²) in [7, 11) is 1.57. The van der Waals surface area contributed by atoms with E-state index in [1.807, 2.05) is 24.3 Å². The summed E-state index contributed by atoms with van der Waals surface area (Å²) >= 11 is 3.48. The van der Waals surface area contributed by atoms with Crippen molar-refractivity contribution >= 4 is 39.3 Å². The number of carbonyl (C=O) groups excluding carboxylic acids is 3. The van der Waals surface area contributed by atoms with Gasteiger partial charge in [0.05, 0.1) is 18.7 Å². The number of para-hydroxylation sites is 1. The van der Waals surface area contributed by atoms with E-state index < -0.39 is 0 Å². The van der Waals surface area contributed by atoms with Gasteiger partial charge in [-0.15, -0.1) is 0 Å². The SMILES string of the molecule is COc1cccc(C(=O)N2CCN(C(=O)C3CC(=O)N(c4ccccc4Br)C3)CC2)c1. The summed E-state index contributed by atoms with van der Waals surface area (Å²) < 4.78 is 6.03. The van der Waals surface area contributed by atoms with E-state index in [0.717, 1.165) is 10.2 Å². The van der Waals surface area contributed by atoms with Crippen molar-refractivity contribution in [3.05, 3.63) is 58.6 Å². The molecule has 0 radical (unpaired) electrons. The van der Waals surface area contributed by atoms with Crippen molar-refractivity contribution < 1.29 is 19.1 Å². The summed E-state index contributed by atoms with van der Waals surface area (Å²) in [6, 6.07) is 14.6. The molecule has 1 atom stereocenters. The van der Waals surface area contributed by atoms with Crippen LogP contribution < -0.4 is 9.64 Å². The van der Waals surface area contributed by atoms with Gasteiger partial charge in [0.2, 0.25) is 11.8 Å². The molecule has 1 unspecified atom stereocenters. The van der Waals surface area contributed by atoms with Crippen LogP contribution in [0.2, 0.25) is 0 Å². The van der Waals surface area contributed by atoms with Crippen LogP contribution in [0.15, 0.2) is 53.0 Å². The molecule has 2 aliphatic rings. The zero-order valence-corrected chi connectivity index (χ0v) is 18.9. The lowest BCUT2D eigenvalue weighted by Gasteiger charge is -2.36. The van der Waals surface area contributed by atoms with Crippen molar-refractivity contribution in [3.8, 4) is 5.75 Å².